The summed E-state index contributed by atoms with van der Waals surface area (Å²) in [6.07, 6.45) is 0.697. The highest BCUT2D eigenvalue weighted by Gasteiger charge is 2.28. The minimum absolute atomic E-state index is 0.0255. The van der Waals surface area contributed by atoms with E-state index in [1.54, 1.807) is 18.7 Å². The van der Waals surface area contributed by atoms with Gasteiger partial charge in [-0.1, -0.05) is 41.2 Å². The van der Waals surface area contributed by atoms with Gasteiger partial charge < -0.3 is 14.7 Å². The molecule has 3 aromatic rings. The van der Waals surface area contributed by atoms with Crippen molar-refractivity contribution in [3.05, 3.63) is 60.0 Å². The predicted molar refractivity (Wildman–Crippen MR) is 127 cm³/mol. The van der Waals surface area contributed by atoms with E-state index in [1.165, 1.54) is 23.6 Å². The van der Waals surface area contributed by atoms with Crippen molar-refractivity contribution in [2.75, 3.05) is 18.0 Å². The summed E-state index contributed by atoms with van der Waals surface area (Å²) < 4.78 is 32.6. The van der Waals surface area contributed by atoms with Crippen LogP contribution in [-0.4, -0.2) is 38.6 Å². The fourth-order valence-corrected chi connectivity index (χ4v) is 6.46. The molecule has 1 amide bonds. The highest BCUT2D eigenvalue weighted by atomic mass is 32.2. The average Bonchev–Trinajstić information content (AvgIpc) is 3.14. The van der Waals surface area contributed by atoms with E-state index in [9.17, 15) is 13.2 Å². The van der Waals surface area contributed by atoms with Gasteiger partial charge in [0, 0.05) is 22.9 Å². The van der Waals surface area contributed by atoms with Crippen LogP contribution in [0.1, 0.15) is 24.8 Å². The van der Waals surface area contributed by atoms with Gasteiger partial charge >= 0.3 is 0 Å². The lowest BCUT2D eigenvalue weighted by atomic mass is 10.2. The lowest BCUT2D eigenvalue weighted by Crippen LogP contribution is -2.45. The molecule has 1 aliphatic heterocycles. The smallest absolute Gasteiger partial charge is 0.246 e. The minimum atomic E-state index is -3.91. The number of sulfonamides is 1. The zero-order valence-corrected chi connectivity index (χ0v) is 20.3. The highest BCUT2D eigenvalue weighted by Crippen LogP contribution is 2.47. The zero-order chi connectivity index (χ0) is 23.6. The van der Waals surface area contributed by atoms with E-state index in [4.69, 9.17) is 4.52 Å². The van der Waals surface area contributed by atoms with Crippen LogP contribution in [0, 0.1) is 13.8 Å². The topological polar surface area (TPSA) is 105 Å². The number of nitrogens with zero attached hydrogens (tertiary/aromatic N) is 2. The largest absolute Gasteiger partial charge is 0.360 e. The summed E-state index contributed by atoms with van der Waals surface area (Å²) in [5.74, 6) is -0.201. The number of aromatic nitrogens is 1. The summed E-state index contributed by atoms with van der Waals surface area (Å²) in [4.78, 5) is 17.1. The summed E-state index contributed by atoms with van der Waals surface area (Å²) >= 11 is 1.75. The number of fused-ring (bicyclic) bond motifs is 2. The fraction of sp³-hybridized carbons (Fsp3) is 0.304. The van der Waals surface area contributed by atoms with Crippen LogP contribution in [0.3, 0.4) is 0 Å². The Hall–Kier alpha value is -2.82. The molecule has 0 aliphatic carbocycles. The second-order valence-electron chi connectivity index (χ2n) is 7.83. The summed E-state index contributed by atoms with van der Waals surface area (Å²) in [7, 11) is -3.91. The lowest BCUT2D eigenvalue weighted by Gasteiger charge is -2.32. The third-order valence-electron chi connectivity index (χ3n) is 5.35. The molecule has 0 spiro atoms. The van der Waals surface area contributed by atoms with Gasteiger partial charge in [0.1, 0.15) is 10.6 Å². The number of hydrogen-bond acceptors (Lipinski definition) is 7. The number of rotatable bonds is 8. The van der Waals surface area contributed by atoms with Crippen molar-refractivity contribution in [3.8, 4) is 0 Å². The standard InChI is InChI=1S/C23H26N4O4S2/c1-15-22(17(3)31-25-15)33(29,30)26-16(2)23(28)24-13-8-14-27-18-9-4-6-11-20(18)32-21-12-7-5-10-19(21)27/h4-7,9-12,16,26H,8,13-14H2,1-3H3,(H,24,28)/t16-/m0/s1. The first-order valence-electron chi connectivity index (χ1n) is 10.6. The Kier molecular flexibility index (Phi) is 6.78. The molecule has 4 rings (SSSR count). The minimum Gasteiger partial charge on any atom is -0.360 e. The monoisotopic (exact) mass is 486 g/mol. The Balaban J connectivity index is 1.35. The normalized spacial score (nSPS) is 13.8. The Morgan fingerprint density at radius 1 is 1.09 bits per heavy atom. The van der Waals surface area contributed by atoms with E-state index in [1.807, 2.05) is 24.3 Å². The number of aryl methyl sites for hydroxylation is 2. The van der Waals surface area contributed by atoms with Crippen LogP contribution < -0.4 is 14.9 Å². The van der Waals surface area contributed by atoms with Gasteiger partial charge in [-0.05, 0) is 51.5 Å². The molecule has 0 saturated carbocycles. The predicted octanol–water partition coefficient (Wildman–Crippen LogP) is 3.77. The Morgan fingerprint density at radius 2 is 1.70 bits per heavy atom. The van der Waals surface area contributed by atoms with Crippen molar-refractivity contribution < 1.29 is 17.7 Å². The van der Waals surface area contributed by atoms with Gasteiger partial charge in [0.15, 0.2) is 5.76 Å². The second-order valence-corrected chi connectivity index (χ2v) is 10.6. The molecule has 2 heterocycles. The first kappa shape index (κ1) is 23.3. The van der Waals surface area contributed by atoms with Gasteiger partial charge in [-0.15, -0.1) is 0 Å². The number of para-hydroxylation sites is 2. The molecule has 33 heavy (non-hydrogen) atoms. The van der Waals surface area contributed by atoms with Crippen molar-refractivity contribution in [1.29, 1.82) is 0 Å². The van der Waals surface area contributed by atoms with Gasteiger partial charge in [-0.3, -0.25) is 4.79 Å². The second kappa shape index (κ2) is 9.58. The molecule has 10 heteroatoms. The lowest BCUT2D eigenvalue weighted by molar-refractivity contribution is -0.122. The van der Waals surface area contributed by atoms with E-state index in [0.717, 1.165) is 11.4 Å². The van der Waals surface area contributed by atoms with Gasteiger partial charge in [0.25, 0.3) is 0 Å². The van der Waals surface area contributed by atoms with E-state index >= 15 is 0 Å². The fourth-order valence-electron chi connectivity index (χ4n) is 3.83. The van der Waals surface area contributed by atoms with Crippen LogP contribution in [-0.2, 0) is 14.8 Å². The van der Waals surface area contributed by atoms with Crippen LogP contribution in [0.2, 0.25) is 0 Å². The van der Waals surface area contributed by atoms with Crippen molar-refractivity contribution >= 4 is 39.1 Å². The molecule has 2 aromatic carbocycles. The van der Waals surface area contributed by atoms with Crippen LogP contribution in [0.5, 0.6) is 0 Å². The number of carbonyl (C=O) groups is 1. The van der Waals surface area contributed by atoms with Crippen LogP contribution in [0.25, 0.3) is 0 Å². The molecule has 8 nitrogen and oxygen atoms in total. The van der Waals surface area contributed by atoms with Crippen molar-refractivity contribution in [2.24, 2.45) is 0 Å². The summed E-state index contributed by atoms with van der Waals surface area (Å²) in [6, 6.07) is 15.6. The summed E-state index contributed by atoms with van der Waals surface area (Å²) in [5.41, 5.74) is 2.55. The number of carbonyl (C=O) groups excluding carboxylic acids is 1. The van der Waals surface area contributed by atoms with Crippen LogP contribution in [0.4, 0.5) is 11.4 Å². The molecule has 0 fully saturated rings. The Labute approximate surface area is 197 Å². The summed E-state index contributed by atoms with van der Waals surface area (Å²) in [6.45, 7) is 5.72. The van der Waals surface area contributed by atoms with Gasteiger partial charge in [0.05, 0.1) is 17.4 Å². The molecule has 1 aliphatic rings. The SMILES string of the molecule is Cc1noc(C)c1S(=O)(=O)N[C@@H](C)C(=O)NCCCN1c2ccccc2Sc2ccccc21. The first-order valence-corrected chi connectivity index (χ1v) is 12.9. The molecule has 0 radical (unpaired) electrons. The molecular formula is C23H26N4O4S2. The molecule has 1 aromatic heterocycles. The molecular weight excluding hydrogens is 460 g/mol. The van der Waals surface area contributed by atoms with E-state index in [-0.39, 0.29) is 22.3 Å². The third kappa shape index (κ3) is 4.92. The average molecular weight is 487 g/mol. The Bertz CT molecular complexity index is 1210. The van der Waals surface area contributed by atoms with Crippen molar-refractivity contribution in [2.45, 2.75) is 47.9 Å². The molecule has 0 saturated heterocycles. The van der Waals surface area contributed by atoms with Crippen LogP contribution >= 0.6 is 11.8 Å². The van der Waals surface area contributed by atoms with Gasteiger partial charge in [0.2, 0.25) is 15.9 Å². The van der Waals surface area contributed by atoms with Crippen molar-refractivity contribution in [3.63, 3.8) is 0 Å². The maximum Gasteiger partial charge on any atom is 0.246 e. The van der Waals surface area contributed by atoms with Crippen molar-refractivity contribution in [1.82, 2.24) is 15.2 Å². The number of hydrogen-bond donors (Lipinski definition) is 2. The van der Waals surface area contributed by atoms with E-state index in [2.05, 4.69) is 44.4 Å². The number of nitrogens with one attached hydrogen (secondary N) is 2. The van der Waals surface area contributed by atoms with Gasteiger partial charge in [-0.2, -0.15) is 4.72 Å². The Morgan fingerprint density at radius 3 is 2.27 bits per heavy atom. The molecule has 174 valence electrons. The molecule has 0 unspecified atom stereocenters. The molecule has 0 bridgehead atoms. The first-order chi connectivity index (χ1) is 15.8. The highest BCUT2D eigenvalue weighted by molar-refractivity contribution is 7.99. The van der Waals surface area contributed by atoms with Gasteiger partial charge in [-0.25, -0.2) is 8.42 Å². The quantitative estimate of drug-likeness (QED) is 0.467. The van der Waals surface area contributed by atoms with Crippen LogP contribution in [0.15, 0.2) is 67.7 Å². The van der Waals surface area contributed by atoms with E-state index in [0.29, 0.717) is 19.5 Å². The third-order valence-corrected chi connectivity index (χ3v) is 8.27. The maximum absolute atomic E-state index is 12.6. The number of anilines is 2. The van der Waals surface area contributed by atoms with E-state index < -0.39 is 16.1 Å². The maximum atomic E-state index is 12.6. The summed E-state index contributed by atoms with van der Waals surface area (Å²) in [5, 5.41) is 6.50. The molecule has 1 atom stereocenters. The number of amides is 1. The number of benzene rings is 2. The zero-order valence-electron chi connectivity index (χ0n) is 18.7. The molecule has 2 N–H and O–H groups in total.